The number of nitrogens with zero attached hydrogens (tertiary/aromatic N) is 2. The average Bonchev–Trinajstić information content (AvgIpc) is 2.85. The molecule has 1 saturated carbocycles. The van der Waals surface area contributed by atoms with Crippen LogP contribution in [0.4, 0.5) is 0 Å². The van der Waals surface area contributed by atoms with Gasteiger partial charge in [0.2, 0.25) is 5.91 Å². The monoisotopic (exact) mass is 270 g/mol. The van der Waals surface area contributed by atoms with Crippen molar-refractivity contribution in [2.45, 2.75) is 38.5 Å². The van der Waals surface area contributed by atoms with E-state index in [0.29, 0.717) is 31.1 Å². The first-order valence-electron chi connectivity index (χ1n) is 6.59. The van der Waals surface area contributed by atoms with Crippen molar-refractivity contribution in [1.82, 2.24) is 4.90 Å². The Balaban J connectivity index is 2.16. The summed E-state index contributed by atoms with van der Waals surface area (Å²) in [6.07, 6.45) is 5.60. The van der Waals surface area contributed by atoms with Crippen LogP contribution in [-0.2, 0) is 15.6 Å². The number of amides is 1. The summed E-state index contributed by atoms with van der Waals surface area (Å²) in [5.41, 5.74) is 0. The van der Waals surface area contributed by atoms with E-state index in [9.17, 15) is 9.00 Å². The normalized spacial score (nSPS) is 17.3. The largest absolute Gasteiger partial charge is 0.345 e. The Hall–Kier alpha value is -0.890. The third-order valence-electron chi connectivity index (χ3n) is 3.42. The molecule has 18 heavy (non-hydrogen) atoms. The summed E-state index contributed by atoms with van der Waals surface area (Å²) in [7, 11) is 0.829. The number of rotatable bonds is 7. The van der Waals surface area contributed by atoms with Crippen LogP contribution >= 0.6 is 0 Å². The van der Waals surface area contributed by atoms with Gasteiger partial charge in [-0.05, 0) is 18.8 Å². The van der Waals surface area contributed by atoms with E-state index in [4.69, 9.17) is 5.26 Å². The molecule has 1 unspecified atom stereocenters. The smallest absolute Gasteiger partial charge is 0.223 e. The van der Waals surface area contributed by atoms with Crippen molar-refractivity contribution in [3.8, 4) is 6.07 Å². The van der Waals surface area contributed by atoms with Gasteiger partial charge in [-0.25, -0.2) is 0 Å². The predicted octanol–water partition coefficient (Wildman–Crippen LogP) is 1.69. The first-order valence-corrected chi connectivity index (χ1v) is 8.08. The summed E-state index contributed by atoms with van der Waals surface area (Å²) in [5.74, 6) is 1.82. The Labute approximate surface area is 112 Å². The van der Waals surface area contributed by atoms with Crippen LogP contribution < -0.4 is 0 Å². The zero-order valence-electron chi connectivity index (χ0n) is 11.1. The van der Waals surface area contributed by atoms with Gasteiger partial charge in [0.25, 0.3) is 0 Å². The minimum absolute atomic E-state index is 0.00924. The standard InChI is InChI=1S/C13H22N2O2S/c1-15(9-4-8-14)13(16)7-10-18(17)11-12-5-2-3-6-12/h12H,2-7,9-11H2,1H3. The van der Waals surface area contributed by atoms with E-state index >= 15 is 0 Å². The molecule has 1 amide bonds. The average molecular weight is 270 g/mol. The highest BCUT2D eigenvalue weighted by atomic mass is 32.2. The molecule has 0 heterocycles. The molecule has 1 aliphatic carbocycles. The van der Waals surface area contributed by atoms with Gasteiger partial charge >= 0.3 is 0 Å². The molecule has 1 atom stereocenters. The van der Waals surface area contributed by atoms with Crippen LogP contribution in [0.25, 0.3) is 0 Å². The Morgan fingerprint density at radius 2 is 2.11 bits per heavy atom. The quantitative estimate of drug-likeness (QED) is 0.707. The van der Waals surface area contributed by atoms with Gasteiger partial charge in [-0.1, -0.05) is 12.8 Å². The first-order chi connectivity index (χ1) is 8.63. The van der Waals surface area contributed by atoms with E-state index in [2.05, 4.69) is 0 Å². The van der Waals surface area contributed by atoms with Gasteiger partial charge in [0.05, 0.1) is 12.5 Å². The molecule has 0 aromatic carbocycles. The van der Waals surface area contributed by atoms with Crippen molar-refractivity contribution >= 4 is 16.7 Å². The number of hydrogen-bond acceptors (Lipinski definition) is 3. The van der Waals surface area contributed by atoms with Crippen LogP contribution in [0.1, 0.15) is 38.5 Å². The van der Waals surface area contributed by atoms with E-state index in [1.807, 2.05) is 6.07 Å². The molecular weight excluding hydrogens is 248 g/mol. The lowest BCUT2D eigenvalue weighted by atomic mass is 10.1. The maximum absolute atomic E-state index is 11.8. The predicted molar refractivity (Wildman–Crippen MR) is 72.3 cm³/mol. The highest BCUT2D eigenvalue weighted by molar-refractivity contribution is 7.85. The molecule has 0 spiro atoms. The molecular formula is C13H22N2O2S. The molecule has 0 aromatic rings. The summed E-state index contributed by atoms with van der Waals surface area (Å²) in [6.45, 7) is 0.463. The summed E-state index contributed by atoms with van der Waals surface area (Å²) in [5, 5.41) is 8.44. The molecule has 1 aliphatic rings. The molecule has 0 saturated heterocycles. The molecule has 4 nitrogen and oxygen atoms in total. The van der Waals surface area contributed by atoms with Crippen molar-refractivity contribution in [1.29, 1.82) is 5.26 Å². The van der Waals surface area contributed by atoms with Crippen molar-refractivity contribution in [2.24, 2.45) is 5.92 Å². The van der Waals surface area contributed by atoms with Crippen LogP contribution in [0, 0.1) is 17.2 Å². The SMILES string of the molecule is CN(CCC#N)C(=O)CCS(=O)CC1CCCC1. The first kappa shape index (κ1) is 15.2. The molecule has 0 bridgehead atoms. The third kappa shape index (κ3) is 5.63. The third-order valence-corrected chi connectivity index (χ3v) is 4.93. The number of nitriles is 1. The molecule has 102 valence electrons. The van der Waals surface area contributed by atoms with Crippen LogP contribution in [0.15, 0.2) is 0 Å². The van der Waals surface area contributed by atoms with Gasteiger partial charge < -0.3 is 4.90 Å². The summed E-state index contributed by atoms with van der Waals surface area (Å²) in [4.78, 5) is 13.2. The number of carbonyl (C=O) groups excluding carboxylic acids is 1. The van der Waals surface area contributed by atoms with Crippen molar-refractivity contribution < 1.29 is 9.00 Å². The molecule has 0 aliphatic heterocycles. The highest BCUT2D eigenvalue weighted by Crippen LogP contribution is 2.25. The minimum Gasteiger partial charge on any atom is -0.345 e. The fourth-order valence-electron chi connectivity index (χ4n) is 2.26. The number of hydrogen-bond donors (Lipinski definition) is 0. The summed E-state index contributed by atoms with van der Waals surface area (Å²) >= 11 is 0. The molecule has 0 aromatic heterocycles. The highest BCUT2D eigenvalue weighted by Gasteiger charge is 2.18. The number of carbonyl (C=O) groups is 1. The van der Waals surface area contributed by atoms with Crippen molar-refractivity contribution in [3.05, 3.63) is 0 Å². The van der Waals surface area contributed by atoms with Crippen molar-refractivity contribution in [3.63, 3.8) is 0 Å². The Kier molecular flexibility index (Phi) is 6.96. The van der Waals surface area contributed by atoms with Crippen molar-refractivity contribution in [2.75, 3.05) is 25.1 Å². The van der Waals surface area contributed by atoms with Crippen LogP contribution in [0.3, 0.4) is 0 Å². The van der Waals surface area contributed by atoms with Crippen LogP contribution in [-0.4, -0.2) is 40.1 Å². The van der Waals surface area contributed by atoms with Gasteiger partial charge in [0.15, 0.2) is 0 Å². The second-order valence-corrected chi connectivity index (χ2v) is 6.56. The maximum atomic E-state index is 11.8. The van der Waals surface area contributed by atoms with Crippen LogP contribution in [0.2, 0.25) is 0 Å². The van der Waals surface area contributed by atoms with Gasteiger partial charge in [-0.2, -0.15) is 5.26 Å². The Morgan fingerprint density at radius 1 is 1.44 bits per heavy atom. The lowest BCUT2D eigenvalue weighted by Crippen LogP contribution is -2.29. The molecule has 1 fully saturated rings. The van der Waals surface area contributed by atoms with Gasteiger partial charge in [-0.3, -0.25) is 9.00 Å². The van der Waals surface area contributed by atoms with E-state index < -0.39 is 10.8 Å². The van der Waals surface area contributed by atoms with E-state index in [-0.39, 0.29) is 5.91 Å². The topological polar surface area (TPSA) is 61.2 Å². The molecule has 1 rings (SSSR count). The molecule has 5 heteroatoms. The molecule has 0 radical (unpaired) electrons. The van der Waals surface area contributed by atoms with E-state index in [1.54, 1.807) is 11.9 Å². The lowest BCUT2D eigenvalue weighted by molar-refractivity contribution is -0.129. The minimum atomic E-state index is -0.865. The van der Waals surface area contributed by atoms with E-state index in [0.717, 1.165) is 5.75 Å². The second kappa shape index (κ2) is 8.25. The Morgan fingerprint density at radius 3 is 2.72 bits per heavy atom. The maximum Gasteiger partial charge on any atom is 0.223 e. The zero-order valence-corrected chi connectivity index (χ0v) is 11.9. The zero-order chi connectivity index (χ0) is 13.4. The second-order valence-electron chi connectivity index (χ2n) is 4.93. The fourth-order valence-corrected chi connectivity index (χ4v) is 3.69. The van der Waals surface area contributed by atoms with Gasteiger partial charge in [-0.15, -0.1) is 0 Å². The molecule has 0 N–H and O–H groups in total. The summed E-state index contributed by atoms with van der Waals surface area (Å²) in [6, 6.07) is 2.01. The van der Waals surface area contributed by atoms with Crippen LogP contribution in [0.5, 0.6) is 0 Å². The van der Waals surface area contributed by atoms with Gasteiger partial charge in [0, 0.05) is 42.3 Å². The van der Waals surface area contributed by atoms with E-state index in [1.165, 1.54) is 25.7 Å². The summed E-state index contributed by atoms with van der Waals surface area (Å²) < 4.78 is 11.8. The lowest BCUT2D eigenvalue weighted by Gasteiger charge is -2.15. The Bertz CT molecular complexity index is 332. The fraction of sp³-hybridized carbons (Fsp3) is 0.846. The van der Waals surface area contributed by atoms with Gasteiger partial charge in [0.1, 0.15) is 0 Å².